The first-order valence-electron chi connectivity index (χ1n) is 11.9. The molecule has 0 spiro atoms. The minimum atomic E-state index is -0.512. The van der Waals surface area contributed by atoms with Crippen LogP contribution in [0.1, 0.15) is 48.8 Å². The van der Waals surface area contributed by atoms with Gasteiger partial charge in [0.2, 0.25) is 5.91 Å². The van der Waals surface area contributed by atoms with Gasteiger partial charge in [0.25, 0.3) is 11.8 Å². The van der Waals surface area contributed by atoms with E-state index in [9.17, 15) is 14.4 Å². The van der Waals surface area contributed by atoms with Gasteiger partial charge in [-0.25, -0.2) is 0 Å². The summed E-state index contributed by atoms with van der Waals surface area (Å²) in [4.78, 5) is 39.1. The highest BCUT2D eigenvalue weighted by Gasteiger charge is 2.22. The number of nitrogen functional groups attached to an aromatic ring is 1. The van der Waals surface area contributed by atoms with Crippen molar-refractivity contribution in [1.29, 1.82) is 5.41 Å². The Morgan fingerprint density at radius 3 is 2.08 bits per heavy atom. The van der Waals surface area contributed by atoms with Gasteiger partial charge in [-0.15, -0.1) is 0 Å². The predicted molar refractivity (Wildman–Crippen MR) is 142 cm³/mol. The molecule has 0 unspecified atom stereocenters. The van der Waals surface area contributed by atoms with Crippen molar-refractivity contribution in [3.8, 4) is 0 Å². The van der Waals surface area contributed by atoms with Crippen molar-refractivity contribution in [3.05, 3.63) is 101 Å². The topological polar surface area (TPSA) is 147 Å². The van der Waals surface area contributed by atoms with E-state index in [2.05, 4.69) is 5.32 Å². The maximum Gasteiger partial charge on any atom is 0.272 e. The Hall–Kier alpha value is -4.92. The predicted octanol–water partition coefficient (Wildman–Crippen LogP) is 3.17. The molecule has 9 nitrogen and oxygen atoms in total. The van der Waals surface area contributed by atoms with Crippen LogP contribution in [-0.2, 0) is 6.54 Å². The average Bonchev–Trinajstić information content (AvgIpc) is 3.21. The highest BCUT2D eigenvalue weighted by molar-refractivity contribution is 6.07. The molecule has 4 aromatic rings. The van der Waals surface area contributed by atoms with Gasteiger partial charge in [-0.05, 0) is 60.5 Å². The monoisotopic (exact) mass is 494 g/mol. The molecular weight excluding hydrogens is 468 g/mol. The molecule has 9 heteroatoms. The number of aromatic nitrogens is 1. The first-order valence-corrected chi connectivity index (χ1v) is 11.9. The number of anilines is 1. The summed E-state index contributed by atoms with van der Waals surface area (Å²) in [6, 6.07) is 20.9. The van der Waals surface area contributed by atoms with Gasteiger partial charge >= 0.3 is 0 Å². The second-order valence-corrected chi connectivity index (χ2v) is 9.04. The van der Waals surface area contributed by atoms with Crippen molar-refractivity contribution in [2.75, 3.05) is 18.4 Å². The van der Waals surface area contributed by atoms with Crippen LogP contribution >= 0.6 is 0 Å². The molecule has 0 saturated carbocycles. The Morgan fingerprint density at radius 1 is 0.838 bits per heavy atom. The number of hydrogen-bond acceptors (Lipinski definition) is 4. The summed E-state index contributed by atoms with van der Waals surface area (Å²) in [6.07, 6.45) is 1.02. The molecule has 0 radical (unpaired) electrons. The Balaban J connectivity index is 1.45. The molecular formula is C28H26N6O3. The standard InChI is InChI=1S/C28H26N6O3/c29-25(30)21-7-6-20-14-24(34(23(20)15-21)16-17-2-4-18(5-3-17)26(31)35)27(36)32-22-10-8-19(9-11-22)28(37)33-12-1-13-33/h2-11,14-15H,1,12-13,16H2,(H3,29,30)(H2,31,35)(H,32,36). The summed E-state index contributed by atoms with van der Waals surface area (Å²) in [5.74, 6) is -0.912. The molecule has 5 rings (SSSR count). The van der Waals surface area contributed by atoms with E-state index in [4.69, 9.17) is 16.9 Å². The quantitative estimate of drug-likeness (QED) is 0.231. The van der Waals surface area contributed by atoms with Crippen LogP contribution in [0.25, 0.3) is 10.9 Å². The lowest BCUT2D eigenvalue weighted by Crippen LogP contribution is -2.41. The van der Waals surface area contributed by atoms with E-state index in [0.29, 0.717) is 34.6 Å². The Bertz CT molecular complexity index is 1530. The summed E-state index contributed by atoms with van der Waals surface area (Å²) in [5.41, 5.74) is 15.2. The number of benzene rings is 3. The number of hydrogen-bond donors (Lipinski definition) is 4. The largest absolute Gasteiger partial charge is 0.384 e. The minimum absolute atomic E-state index is 0.00659. The molecule has 0 aliphatic carbocycles. The fourth-order valence-electron chi connectivity index (χ4n) is 4.33. The van der Waals surface area contributed by atoms with E-state index < -0.39 is 5.91 Å². The van der Waals surface area contributed by atoms with Crippen molar-refractivity contribution in [2.45, 2.75) is 13.0 Å². The van der Waals surface area contributed by atoms with Gasteiger partial charge in [0.05, 0.1) is 0 Å². The smallest absolute Gasteiger partial charge is 0.272 e. The van der Waals surface area contributed by atoms with E-state index in [1.165, 1.54) is 0 Å². The maximum atomic E-state index is 13.4. The maximum absolute atomic E-state index is 13.4. The van der Waals surface area contributed by atoms with Gasteiger partial charge in [-0.3, -0.25) is 19.8 Å². The SMILES string of the molecule is N=C(N)c1ccc2cc(C(=O)Nc3ccc(C(=O)N4CCC4)cc3)n(Cc3ccc(C(N)=O)cc3)c2c1. The number of fused-ring (bicyclic) bond motifs is 1. The lowest BCUT2D eigenvalue weighted by molar-refractivity contribution is 0.0651. The summed E-state index contributed by atoms with van der Waals surface area (Å²) in [7, 11) is 0. The van der Waals surface area contributed by atoms with Crippen molar-refractivity contribution >= 4 is 40.1 Å². The number of nitrogens with one attached hydrogen (secondary N) is 2. The number of rotatable bonds is 7. The van der Waals surface area contributed by atoms with Gasteiger partial charge < -0.3 is 26.3 Å². The lowest BCUT2D eigenvalue weighted by Gasteiger charge is -2.30. The van der Waals surface area contributed by atoms with Gasteiger partial charge in [0.1, 0.15) is 11.5 Å². The number of amidine groups is 1. The zero-order valence-corrected chi connectivity index (χ0v) is 20.0. The van der Waals surface area contributed by atoms with E-state index in [0.717, 1.165) is 36.0 Å². The van der Waals surface area contributed by atoms with Crippen molar-refractivity contribution in [1.82, 2.24) is 9.47 Å². The van der Waals surface area contributed by atoms with Crippen LogP contribution in [0.3, 0.4) is 0 Å². The molecule has 3 aromatic carbocycles. The van der Waals surface area contributed by atoms with Crippen molar-refractivity contribution < 1.29 is 14.4 Å². The second kappa shape index (κ2) is 9.62. The molecule has 3 amide bonds. The number of primary amides is 1. The first kappa shape index (κ1) is 23.8. The molecule has 1 fully saturated rings. The number of carbonyl (C=O) groups is 3. The fourth-order valence-corrected chi connectivity index (χ4v) is 4.33. The Morgan fingerprint density at radius 2 is 1.49 bits per heavy atom. The zero-order valence-electron chi connectivity index (χ0n) is 20.0. The summed E-state index contributed by atoms with van der Waals surface area (Å²) in [6.45, 7) is 1.90. The van der Waals surface area contributed by atoms with E-state index in [1.807, 2.05) is 10.6 Å². The number of carbonyl (C=O) groups excluding carboxylic acids is 3. The summed E-state index contributed by atoms with van der Waals surface area (Å²) in [5, 5.41) is 11.6. The normalized spacial score (nSPS) is 12.7. The molecule has 186 valence electrons. The molecule has 0 atom stereocenters. The van der Waals surface area contributed by atoms with Gasteiger partial charge in [0.15, 0.2) is 0 Å². The minimum Gasteiger partial charge on any atom is -0.384 e. The van der Waals surface area contributed by atoms with Crippen LogP contribution in [0.2, 0.25) is 0 Å². The summed E-state index contributed by atoms with van der Waals surface area (Å²) < 4.78 is 1.85. The van der Waals surface area contributed by atoms with Crippen LogP contribution in [0.4, 0.5) is 5.69 Å². The highest BCUT2D eigenvalue weighted by Crippen LogP contribution is 2.25. The van der Waals surface area contributed by atoms with Crippen LogP contribution in [-0.4, -0.2) is 46.1 Å². The average molecular weight is 495 g/mol. The zero-order chi connectivity index (χ0) is 26.1. The van der Waals surface area contributed by atoms with Crippen molar-refractivity contribution in [3.63, 3.8) is 0 Å². The van der Waals surface area contributed by atoms with E-state index in [-0.39, 0.29) is 17.6 Å². The van der Waals surface area contributed by atoms with Crippen LogP contribution in [0, 0.1) is 5.41 Å². The molecule has 0 bridgehead atoms. The van der Waals surface area contributed by atoms with Crippen molar-refractivity contribution in [2.24, 2.45) is 11.5 Å². The van der Waals surface area contributed by atoms with E-state index in [1.54, 1.807) is 71.6 Å². The third kappa shape index (κ3) is 4.79. The molecule has 1 aliphatic heterocycles. The van der Waals surface area contributed by atoms with E-state index >= 15 is 0 Å². The Kier molecular flexibility index (Phi) is 6.19. The highest BCUT2D eigenvalue weighted by atomic mass is 16.2. The number of nitrogens with zero attached hydrogens (tertiary/aromatic N) is 2. The number of likely N-dealkylation sites (tertiary alicyclic amines) is 1. The van der Waals surface area contributed by atoms with Crippen LogP contribution < -0.4 is 16.8 Å². The van der Waals surface area contributed by atoms with Gasteiger partial charge in [-0.2, -0.15) is 0 Å². The molecule has 1 aromatic heterocycles. The second-order valence-electron chi connectivity index (χ2n) is 9.04. The van der Waals surface area contributed by atoms with Crippen LogP contribution in [0.15, 0.2) is 72.8 Å². The molecule has 6 N–H and O–H groups in total. The number of nitrogens with two attached hydrogens (primary N) is 2. The summed E-state index contributed by atoms with van der Waals surface area (Å²) >= 11 is 0. The lowest BCUT2D eigenvalue weighted by atomic mass is 10.1. The van der Waals surface area contributed by atoms with Crippen LogP contribution in [0.5, 0.6) is 0 Å². The molecule has 2 heterocycles. The third-order valence-corrected chi connectivity index (χ3v) is 6.56. The first-order chi connectivity index (χ1) is 17.8. The van der Waals surface area contributed by atoms with Gasteiger partial charge in [-0.1, -0.05) is 24.3 Å². The third-order valence-electron chi connectivity index (χ3n) is 6.56. The van der Waals surface area contributed by atoms with Gasteiger partial charge in [0, 0.05) is 52.9 Å². The number of amides is 3. The molecule has 1 aliphatic rings. The molecule has 1 saturated heterocycles. The molecule has 37 heavy (non-hydrogen) atoms. The fraction of sp³-hybridized carbons (Fsp3) is 0.143. The Labute approximate surface area is 213 Å².